The smallest absolute Gasteiger partial charge is 0.188 e. The van der Waals surface area contributed by atoms with Crippen LogP contribution in [0.1, 0.15) is 39.5 Å². The van der Waals surface area contributed by atoms with E-state index in [1.807, 2.05) is 0 Å². The van der Waals surface area contributed by atoms with Gasteiger partial charge in [0.2, 0.25) is 0 Å². The zero-order valence-electron chi connectivity index (χ0n) is 11.4. The van der Waals surface area contributed by atoms with Gasteiger partial charge in [-0.15, -0.1) is 0 Å². The van der Waals surface area contributed by atoms with Crippen LogP contribution >= 0.6 is 0 Å². The maximum absolute atomic E-state index is 5.79. The van der Waals surface area contributed by atoms with E-state index in [1.54, 1.807) is 0 Å². The zero-order chi connectivity index (χ0) is 12.5. The summed E-state index contributed by atoms with van der Waals surface area (Å²) in [7, 11) is 0. The molecule has 0 bridgehead atoms. The van der Waals surface area contributed by atoms with Crippen molar-refractivity contribution in [3.63, 3.8) is 0 Å². The van der Waals surface area contributed by atoms with E-state index in [2.05, 4.69) is 29.1 Å². The highest BCUT2D eigenvalue weighted by atomic mass is 15.2. The molecule has 0 radical (unpaired) electrons. The van der Waals surface area contributed by atoms with Gasteiger partial charge < -0.3 is 16.0 Å². The number of rotatable bonds is 5. The van der Waals surface area contributed by atoms with Gasteiger partial charge in [-0.1, -0.05) is 26.7 Å². The summed E-state index contributed by atoms with van der Waals surface area (Å²) < 4.78 is 0. The van der Waals surface area contributed by atoms with Gasteiger partial charge in [0.15, 0.2) is 5.96 Å². The molecule has 0 spiro atoms. The SMILES string of the molecule is CC(C)CN=C(N)NCCN1CCCCCC1. The van der Waals surface area contributed by atoms with Crippen LogP contribution in [-0.4, -0.2) is 43.6 Å². The van der Waals surface area contributed by atoms with Gasteiger partial charge in [-0.2, -0.15) is 0 Å². The molecule has 0 aromatic rings. The molecular weight excluding hydrogens is 212 g/mol. The van der Waals surface area contributed by atoms with Crippen LogP contribution in [0.4, 0.5) is 0 Å². The van der Waals surface area contributed by atoms with Crippen molar-refractivity contribution >= 4 is 5.96 Å². The van der Waals surface area contributed by atoms with Crippen molar-refractivity contribution in [2.75, 3.05) is 32.7 Å². The number of nitrogens with one attached hydrogen (secondary N) is 1. The number of nitrogens with zero attached hydrogens (tertiary/aromatic N) is 2. The monoisotopic (exact) mass is 240 g/mol. The van der Waals surface area contributed by atoms with Crippen LogP contribution in [0.5, 0.6) is 0 Å². The maximum atomic E-state index is 5.79. The summed E-state index contributed by atoms with van der Waals surface area (Å²) >= 11 is 0. The molecule has 0 aromatic heterocycles. The van der Waals surface area contributed by atoms with Crippen LogP contribution in [0, 0.1) is 5.92 Å². The highest BCUT2D eigenvalue weighted by molar-refractivity contribution is 5.77. The first-order valence-electron chi connectivity index (χ1n) is 6.94. The predicted molar refractivity (Wildman–Crippen MR) is 74.2 cm³/mol. The Hall–Kier alpha value is -0.770. The molecule has 1 saturated heterocycles. The molecule has 0 atom stereocenters. The standard InChI is InChI=1S/C13H28N4/c1-12(2)11-16-13(14)15-7-10-17-8-5-3-4-6-9-17/h12H,3-11H2,1-2H3,(H3,14,15,16). The Kier molecular flexibility index (Phi) is 7.01. The molecule has 0 amide bonds. The summed E-state index contributed by atoms with van der Waals surface area (Å²) in [4.78, 5) is 6.81. The summed E-state index contributed by atoms with van der Waals surface area (Å²) in [5.41, 5.74) is 5.79. The lowest BCUT2D eigenvalue weighted by molar-refractivity contribution is 0.289. The molecule has 3 N–H and O–H groups in total. The number of nitrogens with two attached hydrogens (primary N) is 1. The summed E-state index contributed by atoms with van der Waals surface area (Å²) in [6, 6.07) is 0. The third kappa shape index (κ3) is 7.21. The zero-order valence-corrected chi connectivity index (χ0v) is 11.4. The van der Waals surface area contributed by atoms with Crippen molar-refractivity contribution in [3.05, 3.63) is 0 Å². The fraction of sp³-hybridized carbons (Fsp3) is 0.923. The van der Waals surface area contributed by atoms with E-state index in [1.165, 1.54) is 38.8 Å². The Bertz CT molecular complexity index is 217. The predicted octanol–water partition coefficient (Wildman–Crippen LogP) is 1.42. The number of aliphatic imine (C=N–C) groups is 1. The third-order valence-electron chi connectivity index (χ3n) is 3.06. The van der Waals surface area contributed by atoms with Crippen molar-refractivity contribution < 1.29 is 0 Å². The first kappa shape index (κ1) is 14.3. The maximum Gasteiger partial charge on any atom is 0.188 e. The first-order chi connectivity index (χ1) is 8.18. The van der Waals surface area contributed by atoms with Crippen LogP contribution in [-0.2, 0) is 0 Å². The number of guanidine groups is 1. The van der Waals surface area contributed by atoms with Crippen molar-refractivity contribution in [1.29, 1.82) is 0 Å². The molecule has 1 heterocycles. The molecule has 0 unspecified atom stereocenters. The Balaban J connectivity index is 2.11. The molecule has 1 aliphatic heterocycles. The van der Waals surface area contributed by atoms with Gasteiger partial charge in [-0.05, 0) is 31.8 Å². The van der Waals surface area contributed by atoms with Crippen molar-refractivity contribution in [2.24, 2.45) is 16.6 Å². The van der Waals surface area contributed by atoms with Crippen LogP contribution in [0.25, 0.3) is 0 Å². The van der Waals surface area contributed by atoms with Crippen molar-refractivity contribution in [3.8, 4) is 0 Å². The van der Waals surface area contributed by atoms with Gasteiger partial charge in [0.25, 0.3) is 0 Å². The molecule has 0 saturated carbocycles. The second-order valence-corrected chi connectivity index (χ2v) is 5.30. The largest absolute Gasteiger partial charge is 0.370 e. The van der Waals surface area contributed by atoms with E-state index in [0.29, 0.717) is 11.9 Å². The van der Waals surface area contributed by atoms with Crippen LogP contribution in [0.3, 0.4) is 0 Å². The van der Waals surface area contributed by atoms with Crippen LogP contribution in [0.15, 0.2) is 4.99 Å². The molecule has 100 valence electrons. The van der Waals surface area contributed by atoms with Gasteiger partial charge in [0.1, 0.15) is 0 Å². The lowest BCUT2D eigenvalue weighted by Crippen LogP contribution is -2.39. The van der Waals surface area contributed by atoms with E-state index in [4.69, 9.17) is 5.73 Å². The number of hydrogen-bond acceptors (Lipinski definition) is 2. The average molecular weight is 240 g/mol. The minimum atomic E-state index is 0.570. The van der Waals surface area contributed by atoms with Gasteiger partial charge in [-0.3, -0.25) is 4.99 Å². The Morgan fingerprint density at radius 3 is 2.47 bits per heavy atom. The Labute approximate surface area is 106 Å². The van der Waals surface area contributed by atoms with Crippen LogP contribution in [0.2, 0.25) is 0 Å². The Morgan fingerprint density at radius 2 is 1.88 bits per heavy atom. The quantitative estimate of drug-likeness (QED) is 0.564. The summed E-state index contributed by atoms with van der Waals surface area (Å²) in [6.07, 6.45) is 5.47. The molecule has 4 heteroatoms. The van der Waals surface area contributed by atoms with E-state index in [9.17, 15) is 0 Å². The second-order valence-electron chi connectivity index (χ2n) is 5.30. The summed E-state index contributed by atoms with van der Waals surface area (Å²) in [5.74, 6) is 1.16. The van der Waals surface area contributed by atoms with E-state index in [0.717, 1.165) is 19.6 Å². The second kappa shape index (κ2) is 8.34. The highest BCUT2D eigenvalue weighted by Gasteiger charge is 2.07. The van der Waals surface area contributed by atoms with Crippen LogP contribution < -0.4 is 11.1 Å². The molecule has 1 aliphatic rings. The molecule has 1 fully saturated rings. The normalized spacial score (nSPS) is 19.4. The molecule has 0 aromatic carbocycles. The van der Waals surface area contributed by atoms with Gasteiger partial charge in [-0.25, -0.2) is 0 Å². The lowest BCUT2D eigenvalue weighted by Gasteiger charge is -2.19. The molecular formula is C13H28N4. The van der Waals surface area contributed by atoms with Gasteiger partial charge in [0.05, 0.1) is 0 Å². The summed E-state index contributed by atoms with van der Waals surface area (Å²) in [5, 5.41) is 3.19. The molecule has 0 aliphatic carbocycles. The molecule has 4 nitrogen and oxygen atoms in total. The van der Waals surface area contributed by atoms with E-state index >= 15 is 0 Å². The first-order valence-corrected chi connectivity index (χ1v) is 6.94. The minimum Gasteiger partial charge on any atom is -0.370 e. The Morgan fingerprint density at radius 1 is 1.24 bits per heavy atom. The third-order valence-corrected chi connectivity index (χ3v) is 3.06. The van der Waals surface area contributed by atoms with E-state index < -0.39 is 0 Å². The number of hydrogen-bond donors (Lipinski definition) is 2. The lowest BCUT2D eigenvalue weighted by atomic mass is 10.2. The number of likely N-dealkylation sites (tertiary alicyclic amines) is 1. The fourth-order valence-corrected chi connectivity index (χ4v) is 2.04. The fourth-order valence-electron chi connectivity index (χ4n) is 2.04. The summed E-state index contributed by atoms with van der Waals surface area (Å²) in [6.45, 7) is 9.57. The average Bonchev–Trinajstić information content (AvgIpc) is 2.55. The van der Waals surface area contributed by atoms with Gasteiger partial charge >= 0.3 is 0 Å². The van der Waals surface area contributed by atoms with Crippen molar-refractivity contribution in [2.45, 2.75) is 39.5 Å². The molecule has 17 heavy (non-hydrogen) atoms. The van der Waals surface area contributed by atoms with Crippen molar-refractivity contribution in [1.82, 2.24) is 10.2 Å². The van der Waals surface area contributed by atoms with Gasteiger partial charge in [0, 0.05) is 19.6 Å². The molecule has 1 rings (SSSR count). The topological polar surface area (TPSA) is 53.6 Å². The highest BCUT2D eigenvalue weighted by Crippen LogP contribution is 2.08. The minimum absolute atomic E-state index is 0.570. The van der Waals surface area contributed by atoms with E-state index in [-0.39, 0.29) is 0 Å².